The molecule has 1 aromatic heterocycles. The average molecular weight is 353 g/mol. The predicted octanol–water partition coefficient (Wildman–Crippen LogP) is 2.76. The van der Waals surface area contributed by atoms with Crippen LogP contribution in [-0.2, 0) is 11.2 Å². The first kappa shape index (κ1) is 17.4. The molecule has 0 saturated heterocycles. The summed E-state index contributed by atoms with van der Waals surface area (Å²) in [5.74, 6) is -0.239. The molecule has 23 heavy (non-hydrogen) atoms. The lowest BCUT2D eigenvalue weighted by molar-refractivity contribution is -0.115. The van der Waals surface area contributed by atoms with Crippen LogP contribution in [0.4, 0.5) is 5.13 Å². The Labute approximate surface area is 143 Å². The normalized spacial score (nSPS) is 10.6. The maximum absolute atomic E-state index is 11.9. The van der Waals surface area contributed by atoms with Crippen LogP contribution in [0.5, 0.6) is 0 Å². The van der Waals surface area contributed by atoms with E-state index in [4.69, 9.17) is 11.6 Å². The summed E-state index contributed by atoms with van der Waals surface area (Å²) in [6.45, 7) is 4.03. The Balaban J connectivity index is 1.83. The van der Waals surface area contributed by atoms with E-state index in [1.807, 2.05) is 0 Å². The van der Waals surface area contributed by atoms with E-state index in [9.17, 15) is 9.59 Å². The van der Waals surface area contributed by atoms with Gasteiger partial charge >= 0.3 is 0 Å². The van der Waals surface area contributed by atoms with Crippen molar-refractivity contribution in [1.29, 1.82) is 0 Å². The highest BCUT2D eigenvalue weighted by molar-refractivity contribution is 7.15. The summed E-state index contributed by atoms with van der Waals surface area (Å²) in [5.41, 5.74) is 0.403. The largest absolute Gasteiger partial charge is 0.343 e. The molecule has 2 amide bonds. The number of nitrogens with one attached hydrogen (secondary N) is 2. The first-order valence-electron chi connectivity index (χ1n) is 7.10. The van der Waals surface area contributed by atoms with Gasteiger partial charge in [-0.1, -0.05) is 42.9 Å². The Kier molecular flexibility index (Phi) is 6.06. The number of rotatable bonds is 6. The van der Waals surface area contributed by atoms with E-state index in [2.05, 4.69) is 34.7 Å². The van der Waals surface area contributed by atoms with Gasteiger partial charge in [0.25, 0.3) is 5.91 Å². The number of carbonyl (C=O) groups is 2. The number of nitrogens with zero attached hydrogens (tertiary/aromatic N) is 2. The molecule has 0 radical (unpaired) electrons. The third kappa shape index (κ3) is 5.61. The van der Waals surface area contributed by atoms with Crippen molar-refractivity contribution in [2.45, 2.75) is 20.3 Å². The number of aromatic nitrogens is 2. The highest BCUT2D eigenvalue weighted by Gasteiger charge is 2.11. The predicted molar refractivity (Wildman–Crippen MR) is 90.9 cm³/mol. The number of hydrogen-bond acceptors (Lipinski definition) is 5. The highest BCUT2D eigenvalue weighted by Crippen LogP contribution is 2.18. The molecule has 122 valence electrons. The van der Waals surface area contributed by atoms with Gasteiger partial charge in [-0.3, -0.25) is 14.9 Å². The zero-order valence-electron chi connectivity index (χ0n) is 12.8. The molecule has 0 aliphatic heterocycles. The molecule has 6 nitrogen and oxygen atoms in total. The van der Waals surface area contributed by atoms with Gasteiger partial charge in [0.1, 0.15) is 5.01 Å². The van der Waals surface area contributed by atoms with Crippen molar-refractivity contribution >= 4 is 39.9 Å². The van der Waals surface area contributed by atoms with E-state index in [1.54, 1.807) is 18.2 Å². The number of benzene rings is 1. The molecule has 1 aromatic carbocycles. The van der Waals surface area contributed by atoms with Crippen LogP contribution in [0.2, 0.25) is 5.02 Å². The summed E-state index contributed by atoms with van der Waals surface area (Å²) in [5, 5.41) is 14.8. The summed E-state index contributed by atoms with van der Waals surface area (Å²) in [7, 11) is 0. The van der Waals surface area contributed by atoms with Gasteiger partial charge in [0.2, 0.25) is 11.0 Å². The second-order valence-electron chi connectivity index (χ2n) is 5.34. The van der Waals surface area contributed by atoms with E-state index in [1.165, 1.54) is 17.4 Å². The van der Waals surface area contributed by atoms with Crippen LogP contribution in [0, 0.1) is 5.92 Å². The molecule has 2 rings (SSSR count). The van der Waals surface area contributed by atoms with Crippen LogP contribution >= 0.6 is 22.9 Å². The second-order valence-corrected chi connectivity index (χ2v) is 6.84. The number of halogens is 1. The van der Waals surface area contributed by atoms with Gasteiger partial charge in [0.15, 0.2) is 0 Å². The van der Waals surface area contributed by atoms with Crippen molar-refractivity contribution in [3.63, 3.8) is 0 Å². The monoisotopic (exact) mass is 352 g/mol. The number of anilines is 1. The van der Waals surface area contributed by atoms with Crippen LogP contribution < -0.4 is 10.6 Å². The molecule has 0 spiro atoms. The smallest absolute Gasteiger partial charge is 0.251 e. The van der Waals surface area contributed by atoms with Crippen molar-refractivity contribution in [2.24, 2.45) is 5.92 Å². The molecular formula is C15H17ClN4O2S. The maximum Gasteiger partial charge on any atom is 0.251 e. The highest BCUT2D eigenvalue weighted by atomic mass is 35.5. The second kappa shape index (κ2) is 8.03. The Bertz CT molecular complexity index is 702. The minimum absolute atomic E-state index is 0.148. The third-order valence-corrected chi connectivity index (χ3v) is 3.89. The molecule has 1 heterocycles. The Morgan fingerprint density at radius 3 is 2.78 bits per heavy atom. The fourth-order valence-electron chi connectivity index (χ4n) is 1.79. The van der Waals surface area contributed by atoms with Crippen LogP contribution in [0.1, 0.15) is 29.2 Å². The minimum atomic E-state index is -0.361. The number of carbonyl (C=O) groups excluding carboxylic acids is 2. The van der Waals surface area contributed by atoms with Crippen LogP contribution in [-0.4, -0.2) is 28.6 Å². The topological polar surface area (TPSA) is 84.0 Å². The average Bonchev–Trinajstić information content (AvgIpc) is 2.91. The van der Waals surface area contributed by atoms with E-state index in [0.29, 0.717) is 21.6 Å². The zero-order valence-corrected chi connectivity index (χ0v) is 14.4. The Hall–Kier alpha value is -1.99. The lowest BCUT2D eigenvalue weighted by Crippen LogP contribution is -2.32. The van der Waals surface area contributed by atoms with Crippen LogP contribution in [0.25, 0.3) is 0 Å². The van der Waals surface area contributed by atoms with Gasteiger partial charge in [0.05, 0.1) is 6.54 Å². The van der Waals surface area contributed by atoms with Crippen molar-refractivity contribution < 1.29 is 9.59 Å². The maximum atomic E-state index is 11.9. The SMILES string of the molecule is CC(C)Cc1nnc(NC(=O)CNC(=O)c2cccc(Cl)c2)s1. The summed E-state index contributed by atoms with van der Waals surface area (Å²) in [6.07, 6.45) is 0.818. The summed E-state index contributed by atoms with van der Waals surface area (Å²) >= 11 is 7.16. The van der Waals surface area contributed by atoms with Crippen LogP contribution in [0.3, 0.4) is 0 Å². The van der Waals surface area contributed by atoms with Gasteiger partial charge in [-0.25, -0.2) is 0 Å². The van der Waals surface area contributed by atoms with Crippen molar-refractivity contribution in [3.8, 4) is 0 Å². The van der Waals surface area contributed by atoms with E-state index < -0.39 is 0 Å². The molecule has 0 aliphatic rings. The summed E-state index contributed by atoms with van der Waals surface area (Å²) in [4.78, 5) is 23.7. The molecule has 2 N–H and O–H groups in total. The van der Waals surface area contributed by atoms with E-state index in [0.717, 1.165) is 11.4 Å². The molecular weight excluding hydrogens is 336 g/mol. The Morgan fingerprint density at radius 1 is 1.30 bits per heavy atom. The quantitative estimate of drug-likeness (QED) is 0.837. The molecule has 0 saturated carbocycles. The van der Waals surface area contributed by atoms with Crippen molar-refractivity contribution in [3.05, 3.63) is 39.9 Å². The molecule has 0 aliphatic carbocycles. The van der Waals surface area contributed by atoms with Crippen molar-refractivity contribution in [2.75, 3.05) is 11.9 Å². The summed E-state index contributed by atoms with van der Waals surface area (Å²) < 4.78 is 0. The van der Waals surface area contributed by atoms with Crippen LogP contribution in [0.15, 0.2) is 24.3 Å². The lowest BCUT2D eigenvalue weighted by atomic mass is 10.1. The standard InChI is InChI=1S/C15H17ClN4O2S/c1-9(2)6-13-19-20-15(23-13)18-12(21)8-17-14(22)10-4-3-5-11(16)7-10/h3-5,7,9H,6,8H2,1-2H3,(H,17,22)(H,18,20,21). The first-order valence-corrected chi connectivity index (χ1v) is 8.29. The fourth-order valence-corrected chi connectivity index (χ4v) is 2.95. The van der Waals surface area contributed by atoms with E-state index in [-0.39, 0.29) is 18.4 Å². The minimum Gasteiger partial charge on any atom is -0.343 e. The van der Waals surface area contributed by atoms with E-state index >= 15 is 0 Å². The molecule has 8 heteroatoms. The third-order valence-electron chi connectivity index (χ3n) is 2.79. The lowest BCUT2D eigenvalue weighted by Gasteiger charge is -2.05. The molecule has 0 fully saturated rings. The Morgan fingerprint density at radius 2 is 2.09 bits per heavy atom. The number of hydrogen-bond donors (Lipinski definition) is 2. The molecule has 0 unspecified atom stereocenters. The zero-order chi connectivity index (χ0) is 16.8. The van der Waals surface area contributed by atoms with Gasteiger partial charge in [-0.15, -0.1) is 10.2 Å². The molecule has 0 atom stereocenters. The van der Waals surface area contributed by atoms with Gasteiger partial charge in [-0.05, 0) is 24.1 Å². The molecule has 2 aromatic rings. The molecule has 0 bridgehead atoms. The fraction of sp³-hybridized carbons (Fsp3) is 0.333. The number of amides is 2. The van der Waals surface area contributed by atoms with Crippen molar-refractivity contribution in [1.82, 2.24) is 15.5 Å². The first-order chi connectivity index (χ1) is 10.9. The summed E-state index contributed by atoms with van der Waals surface area (Å²) in [6, 6.07) is 6.52. The van der Waals surface area contributed by atoms with Gasteiger partial charge in [-0.2, -0.15) is 0 Å². The van der Waals surface area contributed by atoms with Gasteiger partial charge in [0, 0.05) is 17.0 Å². The van der Waals surface area contributed by atoms with Gasteiger partial charge < -0.3 is 5.32 Å².